The van der Waals surface area contributed by atoms with Crippen molar-refractivity contribution in [3.05, 3.63) is 0 Å². The lowest BCUT2D eigenvalue weighted by Crippen LogP contribution is -2.59. The zero-order chi connectivity index (χ0) is 17.8. The van der Waals surface area contributed by atoms with Crippen molar-refractivity contribution in [1.29, 1.82) is 0 Å². The number of piperidine rings is 1. The topological polar surface area (TPSA) is 76.8 Å². The van der Waals surface area contributed by atoms with E-state index in [0.717, 1.165) is 45.3 Å². The molecule has 25 heavy (non-hydrogen) atoms. The third kappa shape index (κ3) is 4.02. The molecule has 6 heteroatoms. The summed E-state index contributed by atoms with van der Waals surface area (Å²) >= 11 is 0. The smallest absolute Gasteiger partial charge is 0.227 e. The average Bonchev–Trinajstić information content (AvgIpc) is 3.17. The van der Waals surface area contributed by atoms with E-state index in [1.807, 2.05) is 7.11 Å². The normalized spacial score (nSPS) is 27.3. The minimum Gasteiger partial charge on any atom is -0.381 e. The SMILES string of the molecule is COC1CCN(C2(CNC(=O)C3(CN)CCOCC3)CCCC2)CC1. The van der Waals surface area contributed by atoms with Gasteiger partial charge in [-0.1, -0.05) is 12.8 Å². The van der Waals surface area contributed by atoms with E-state index in [1.54, 1.807) is 0 Å². The molecular weight excluding hydrogens is 318 g/mol. The van der Waals surface area contributed by atoms with Gasteiger partial charge in [-0.2, -0.15) is 0 Å². The van der Waals surface area contributed by atoms with Crippen LogP contribution in [0.15, 0.2) is 0 Å². The van der Waals surface area contributed by atoms with Gasteiger partial charge in [0.1, 0.15) is 0 Å². The number of carbonyl (C=O) groups is 1. The van der Waals surface area contributed by atoms with Gasteiger partial charge in [-0.25, -0.2) is 0 Å². The molecule has 144 valence electrons. The molecule has 3 rings (SSSR count). The van der Waals surface area contributed by atoms with Crippen LogP contribution in [-0.2, 0) is 14.3 Å². The Morgan fingerprint density at radius 3 is 2.40 bits per heavy atom. The number of methoxy groups -OCH3 is 1. The van der Waals surface area contributed by atoms with Crippen LogP contribution in [0.25, 0.3) is 0 Å². The van der Waals surface area contributed by atoms with Gasteiger partial charge in [-0.15, -0.1) is 0 Å². The number of amides is 1. The zero-order valence-corrected chi connectivity index (χ0v) is 15.7. The van der Waals surface area contributed by atoms with Crippen LogP contribution in [0.5, 0.6) is 0 Å². The number of likely N-dealkylation sites (tertiary alicyclic amines) is 1. The molecule has 1 aliphatic carbocycles. The maximum atomic E-state index is 12.9. The van der Waals surface area contributed by atoms with Crippen molar-refractivity contribution in [3.63, 3.8) is 0 Å². The third-order valence-corrected chi connectivity index (χ3v) is 6.88. The molecule has 0 spiro atoms. The molecule has 2 heterocycles. The molecule has 2 saturated heterocycles. The summed E-state index contributed by atoms with van der Waals surface area (Å²) in [4.78, 5) is 15.6. The number of hydrogen-bond donors (Lipinski definition) is 2. The number of nitrogens with zero attached hydrogens (tertiary/aromatic N) is 1. The highest BCUT2D eigenvalue weighted by Crippen LogP contribution is 2.37. The summed E-state index contributed by atoms with van der Waals surface area (Å²) in [6, 6.07) is 0. The molecule has 1 amide bonds. The van der Waals surface area contributed by atoms with Crippen LogP contribution in [-0.4, -0.2) is 69.0 Å². The van der Waals surface area contributed by atoms with Crippen LogP contribution < -0.4 is 11.1 Å². The molecule has 0 radical (unpaired) electrons. The van der Waals surface area contributed by atoms with Gasteiger partial charge < -0.3 is 20.5 Å². The van der Waals surface area contributed by atoms with E-state index < -0.39 is 5.41 Å². The lowest BCUT2D eigenvalue weighted by Gasteiger charge is -2.45. The van der Waals surface area contributed by atoms with Crippen LogP contribution in [0.1, 0.15) is 51.4 Å². The number of rotatable bonds is 6. The minimum absolute atomic E-state index is 0.134. The lowest BCUT2D eigenvalue weighted by atomic mass is 9.79. The first-order valence-corrected chi connectivity index (χ1v) is 9.98. The summed E-state index contributed by atoms with van der Waals surface area (Å²) in [6.45, 7) is 4.59. The van der Waals surface area contributed by atoms with E-state index in [0.29, 0.717) is 25.9 Å². The molecule has 0 aromatic rings. The summed E-state index contributed by atoms with van der Waals surface area (Å²) in [7, 11) is 1.81. The molecule has 0 aromatic heterocycles. The van der Waals surface area contributed by atoms with Gasteiger partial charge >= 0.3 is 0 Å². The first-order valence-electron chi connectivity index (χ1n) is 9.98. The van der Waals surface area contributed by atoms with Crippen molar-refractivity contribution in [2.75, 3.05) is 46.5 Å². The van der Waals surface area contributed by atoms with E-state index in [2.05, 4.69) is 10.2 Å². The van der Waals surface area contributed by atoms with Crippen LogP contribution in [0.4, 0.5) is 0 Å². The molecule has 0 atom stereocenters. The van der Waals surface area contributed by atoms with E-state index in [4.69, 9.17) is 15.2 Å². The van der Waals surface area contributed by atoms with E-state index in [1.165, 1.54) is 25.7 Å². The van der Waals surface area contributed by atoms with Crippen molar-refractivity contribution in [2.45, 2.75) is 63.0 Å². The highest BCUT2D eigenvalue weighted by atomic mass is 16.5. The summed E-state index contributed by atoms with van der Waals surface area (Å²) in [5.41, 5.74) is 5.69. The fraction of sp³-hybridized carbons (Fsp3) is 0.947. The highest BCUT2D eigenvalue weighted by molar-refractivity contribution is 5.83. The Balaban J connectivity index is 1.61. The highest BCUT2D eigenvalue weighted by Gasteiger charge is 2.44. The Morgan fingerprint density at radius 1 is 1.20 bits per heavy atom. The molecule has 6 nitrogen and oxygen atoms in total. The quantitative estimate of drug-likeness (QED) is 0.752. The minimum atomic E-state index is -0.429. The second kappa shape index (κ2) is 8.33. The summed E-state index contributed by atoms with van der Waals surface area (Å²) < 4.78 is 11.0. The fourth-order valence-corrected chi connectivity index (χ4v) is 4.92. The summed E-state index contributed by atoms with van der Waals surface area (Å²) in [5.74, 6) is 0.136. The van der Waals surface area contributed by atoms with Gasteiger partial charge in [-0.05, 0) is 38.5 Å². The molecule has 3 N–H and O–H groups in total. The molecule has 2 aliphatic heterocycles. The number of nitrogens with one attached hydrogen (secondary N) is 1. The van der Waals surface area contributed by atoms with Crippen LogP contribution in [0.2, 0.25) is 0 Å². The van der Waals surface area contributed by atoms with Crippen LogP contribution in [0.3, 0.4) is 0 Å². The van der Waals surface area contributed by atoms with Gasteiger partial charge in [0, 0.05) is 52.0 Å². The van der Waals surface area contributed by atoms with E-state index >= 15 is 0 Å². The predicted molar refractivity (Wildman–Crippen MR) is 97.4 cm³/mol. The zero-order valence-electron chi connectivity index (χ0n) is 15.7. The lowest BCUT2D eigenvalue weighted by molar-refractivity contribution is -0.136. The average molecular weight is 354 g/mol. The van der Waals surface area contributed by atoms with E-state index in [-0.39, 0.29) is 11.4 Å². The standard InChI is InChI=1S/C19H35N3O3/c1-24-16-4-10-22(11-5-16)19(6-2-3-7-19)15-21-17(23)18(14-20)8-12-25-13-9-18/h16H,2-15,20H2,1H3,(H,21,23). The Bertz CT molecular complexity index is 437. The Morgan fingerprint density at radius 2 is 1.84 bits per heavy atom. The summed E-state index contributed by atoms with van der Waals surface area (Å²) in [5, 5.41) is 3.30. The summed E-state index contributed by atoms with van der Waals surface area (Å²) in [6.07, 6.45) is 8.95. The third-order valence-electron chi connectivity index (χ3n) is 6.88. The first-order chi connectivity index (χ1) is 12.1. The van der Waals surface area contributed by atoms with Gasteiger partial charge in [0.05, 0.1) is 11.5 Å². The van der Waals surface area contributed by atoms with Crippen LogP contribution in [0, 0.1) is 5.41 Å². The number of carbonyl (C=O) groups excluding carboxylic acids is 1. The molecule has 1 saturated carbocycles. The van der Waals surface area contributed by atoms with Crippen molar-refractivity contribution in [3.8, 4) is 0 Å². The number of ether oxygens (including phenoxy) is 2. The second-order valence-corrected chi connectivity index (χ2v) is 8.13. The van der Waals surface area contributed by atoms with Gasteiger partial charge in [0.2, 0.25) is 5.91 Å². The Labute approximate surface area is 151 Å². The fourth-order valence-electron chi connectivity index (χ4n) is 4.92. The molecule has 0 aromatic carbocycles. The van der Waals surface area contributed by atoms with Crippen molar-refractivity contribution >= 4 is 5.91 Å². The Kier molecular flexibility index (Phi) is 6.36. The molecule has 0 unspecified atom stereocenters. The largest absolute Gasteiger partial charge is 0.381 e. The second-order valence-electron chi connectivity index (χ2n) is 8.13. The van der Waals surface area contributed by atoms with Gasteiger partial charge in [-0.3, -0.25) is 9.69 Å². The van der Waals surface area contributed by atoms with Crippen molar-refractivity contribution in [1.82, 2.24) is 10.2 Å². The number of nitrogens with two attached hydrogens (primary N) is 1. The predicted octanol–water partition coefficient (Wildman–Crippen LogP) is 1.28. The van der Waals surface area contributed by atoms with Gasteiger partial charge in [0.25, 0.3) is 0 Å². The number of hydrogen-bond acceptors (Lipinski definition) is 5. The van der Waals surface area contributed by atoms with Crippen molar-refractivity contribution in [2.24, 2.45) is 11.1 Å². The monoisotopic (exact) mass is 353 g/mol. The van der Waals surface area contributed by atoms with Gasteiger partial charge in [0.15, 0.2) is 0 Å². The molecule has 0 bridgehead atoms. The van der Waals surface area contributed by atoms with E-state index in [9.17, 15) is 4.79 Å². The molecule has 3 aliphatic rings. The van der Waals surface area contributed by atoms with Crippen molar-refractivity contribution < 1.29 is 14.3 Å². The maximum Gasteiger partial charge on any atom is 0.227 e. The Hall–Kier alpha value is -0.690. The molecule has 3 fully saturated rings. The first kappa shape index (κ1) is 19.1. The maximum absolute atomic E-state index is 12.9. The molecular formula is C19H35N3O3. The van der Waals surface area contributed by atoms with Crippen LogP contribution >= 0.6 is 0 Å².